The maximum absolute atomic E-state index is 12.3. The Kier molecular flexibility index (Phi) is 6.39. The van der Waals surface area contributed by atoms with Crippen LogP contribution in [0.15, 0.2) is 29.1 Å². The minimum absolute atomic E-state index is 0.0595. The highest BCUT2D eigenvalue weighted by Gasteiger charge is 2.31. The molecule has 0 aliphatic heterocycles. The smallest absolute Gasteiger partial charge is 0.406 e. The van der Waals surface area contributed by atoms with Gasteiger partial charge in [-0.05, 0) is 34.3 Å². The van der Waals surface area contributed by atoms with Crippen LogP contribution in [0.3, 0.4) is 0 Å². The van der Waals surface area contributed by atoms with E-state index in [4.69, 9.17) is 9.57 Å². The van der Waals surface area contributed by atoms with E-state index in [0.29, 0.717) is 16.1 Å². The van der Waals surface area contributed by atoms with Crippen molar-refractivity contribution in [1.82, 2.24) is 24.9 Å². The maximum Gasteiger partial charge on any atom is 0.573 e. The van der Waals surface area contributed by atoms with Gasteiger partial charge in [-0.2, -0.15) is 4.68 Å². The predicted molar refractivity (Wildman–Crippen MR) is 83.4 cm³/mol. The van der Waals surface area contributed by atoms with Crippen LogP contribution in [0.1, 0.15) is 6.92 Å². The van der Waals surface area contributed by atoms with Crippen molar-refractivity contribution < 1.29 is 32.3 Å². The molecular formula is C14H16F3N5O5. The lowest BCUT2D eigenvalue weighted by molar-refractivity contribution is -0.274. The van der Waals surface area contributed by atoms with Crippen LogP contribution in [-0.4, -0.2) is 64.1 Å². The van der Waals surface area contributed by atoms with Gasteiger partial charge in [0.15, 0.2) is 0 Å². The Bertz CT molecular complexity index is 835. The second-order valence-corrected chi connectivity index (χ2v) is 5.02. The molecule has 27 heavy (non-hydrogen) atoms. The molecule has 0 unspecified atom stereocenters. The topological polar surface area (TPSA) is 101 Å². The molecule has 0 saturated heterocycles. The molecule has 1 aromatic heterocycles. The van der Waals surface area contributed by atoms with Crippen LogP contribution in [0.5, 0.6) is 5.75 Å². The van der Waals surface area contributed by atoms with E-state index in [9.17, 15) is 22.8 Å². The Balaban J connectivity index is 2.19. The van der Waals surface area contributed by atoms with E-state index in [0.717, 1.165) is 12.1 Å². The molecule has 1 amide bonds. The van der Waals surface area contributed by atoms with Gasteiger partial charge in [-0.25, -0.2) is 9.59 Å². The number of aromatic nitrogens is 4. The first-order valence-electron chi connectivity index (χ1n) is 7.62. The van der Waals surface area contributed by atoms with E-state index < -0.39 is 23.9 Å². The van der Waals surface area contributed by atoms with Crippen LogP contribution in [0.25, 0.3) is 5.69 Å². The van der Waals surface area contributed by atoms with Crippen LogP contribution in [0.4, 0.5) is 18.0 Å². The normalized spacial score (nSPS) is 11.3. The van der Waals surface area contributed by atoms with Crippen LogP contribution < -0.4 is 15.3 Å². The lowest BCUT2D eigenvalue weighted by Gasteiger charge is -2.18. The molecule has 1 aromatic carbocycles. The summed E-state index contributed by atoms with van der Waals surface area (Å²) in [7, 11) is 1.46. The monoisotopic (exact) mass is 391 g/mol. The highest BCUT2D eigenvalue weighted by atomic mass is 19.4. The minimum Gasteiger partial charge on any atom is -0.406 e. The molecule has 0 atom stereocenters. The summed E-state index contributed by atoms with van der Waals surface area (Å²) in [6.07, 6.45) is -5.75. The molecule has 0 saturated carbocycles. The average Bonchev–Trinajstić information content (AvgIpc) is 2.95. The third-order valence-corrected chi connectivity index (χ3v) is 3.22. The third kappa shape index (κ3) is 5.44. The number of amides is 1. The van der Waals surface area contributed by atoms with E-state index in [-0.39, 0.29) is 18.8 Å². The van der Waals surface area contributed by atoms with Gasteiger partial charge in [0.1, 0.15) is 5.75 Å². The summed E-state index contributed by atoms with van der Waals surface area (Å²) in [5, 5.41) is 6.87. The molecule has 0 spiro atoms. The summed E-state index contributed by atoms with van der Waals surface area (Å²) in [6.45, 7) is 2.48. The molecule has 13 heteroatoms. The van der Waals surface area contributed by atoms with Gasteiger partial charge in [0, 0.05) is 26.3 Å². The molecule has 0 aliphatic carbocycles. The van der Waals surface area contributed by atoms with Crippen molar-refractivity contribution in [2.75, 3.05) is 26.8 Å². The molecule has 0 aliphatic rings. The fraction of sp³-hybridized carbons (Fsp3) is 0.429. The Labute approximate surface area is 150 Å². The summed E-state index contributed by atoms with van der Waals surface area (Å²) in [6, 6.07) is 4.54. The number of methoxy groups -OCH3 is 1. The molecule has 0 bridgehead atoms. The number of benzene rings is 1. The lowest BCUT2D eigenvalue weighted by atomic mass is 10.3. The Morgan fingerprint density at radius 2 is 2.04 bits per heavy atom. The highest BCUT2D eigenvalue weighted by molar-refractivity contribution is 5.67. The van der Waals surface area contributed by atoms with E-state index in [1.165, 1.54) is 24.1 Å². The van der Waals surface area contributed by atoms with Gasteiger partial charge < -0.3 is 14.4 Å². The van der Waals surface area contributed by atoms with Gasteiger partial charge in [-0.1, -0.05) is 6.07 Å². The van der Waals surface area contributed by atoms with Gasteiger partial charge in [0.25, 0.3) is 0 Å². The average molecular weight is 391 g/mol. The third-order valence-electron chi connectivity index (χ3n) is 3.22. The second kappa shape index (κ2) is 8.53. The summed E-state index contributed by atoms with van der Waals surface area (Å²) in [5.41, 5.74) is -1.05. The molecule has 0 radical (unpaired) electrons. The standard InChI is InChI=1S/C14H16F3N5O5/c1-3-20(7-8-25-2)13(24)27-22-12(23)21(18-19-22)10-5-4-6-11(9-10)26-14(15,16)17/h4-6,9H,3,7-8H2,1-2H3. The second-order valence-electron chi connectivity index (χ2n) is 5.02. The van der Waals surface area contributed by atoms with Crippen molar-refractivity contribution in [3.05, 3.63) is 34.7 Å². The Morgan fingerprint density at radius 3 is 2.67 bits per heavy atom. The zero-order chi connectivity index (χ0) is 20.0. The first kappa shape index (κ1) is 20.2. The number of carbonyl (C=O) groups excluding carboxylic acids is 1. The first-order chi connectivity index (χ1) is 12.7. The van der Waals surface area contributed by atoms with E-state index in [1.54, 1.807) is 6.92 Å². The van der Waals surface area contributed by atoms with Gasteiger partial charge in [-0.15, -0.1) is 13.2 Å². The summed E-state index contributed by atoms with van der Waals surface area (Å²) >= 11 is 0. The molecule has 0 N–H and O–H groups in total. The Morgan fingerprint density at radius 1 is 1.30 bits per heavy atom. The van der Waals surface area contributed by atoms with Crippen LogP contribution in [-0.2, 0) is 4.74 Å². The molecule has 2 rings (SSSR count). The quantitative estimate of drug-likeness (QED) is 0.645. The minimum atomic E-state index is -4.89. The van der Waals surface area contributed by atoms with E-state index >= 15 is 0 Å². The van der Waals surface area contributed by atoms with Gasteiger partial charge in [0.2, 0.25) is 0 Å². The van der Waals surface area contributed by atoms with Gasteiger partial charge in [-0.3, -0.25) is 4.84 Å². The van der Waals surface area contributed by atoms with Gasteiger partial charge >= 0.3 is 18.1 Å². The molecule has 148 valence electrons. The first-order valence-corrected chi connectivity index (χ1v) is 7.62. The number of hydrogen-bond acceptors (Lipinski definition) is 7. The molecule has 0 fully saturated rings. The SMILES string of the molecule is CCN(CCOC)C(=O)On1nnn(-c2cccc(OC(F)(F)F)c2)c1=O. The Hall–Kier alpha value is -3.09. The largest absolute Gasteiger partial charge is 0.573 e. The molecule has 10 nitrogen and oxygen atoms in total. The number of tetrazole rings is 1. The van der Waals surface area contributed by atoms with Crippen LogP contribution in [0.2, 0.25) is 0 Å². The van der Waals surface area contributed by atoms with E-state index in [1.807, 2.05) is 0 Å². The number of hydrogen-bond donors (Lipinski definition) is 0. The molecular weight excluding hydrogens is 375 g/mol. The van der Waals surface area contributed by atoms with Crippen molar-refractivity contribution in [1.29, 1.82) is 0 Å². The summed E-state index contributed by atoms with van der Waals surface area (Å²) < 4.78 is 46.2. The fourth-order valence-corrected chi connectivity index (χ4v) is 1.98. The van der Waals surface area contributed by atoms with Crippen LogP contribution in [0, 0.1) is 0 Å². The number of nitrogens with zero attached hydrogens (tertiary/aromatic N) is 5. The number of halogens is 3. The fourth-order valence-electron chi connectivity index (χ4n) is 1.98. The molecule has 1 heterocycles. The van der Waals surface area contributed by atoms with Crippen molar-refractivity contribution in [2.24, 2.45) is 0 Å². The lowest BCUT2D eigenvalue weighted by Crippen LogP contribution is -2.42. The van der Waals surface area contributed by atoms with Crippen molar-refractivity contribution in [2.45, 2.75) is 13.3 Å². The predicted octanol–water partition coefficient (Wildman–Crippen LogP) is 0.844. The van der Waals surface area contributed by atoms with Crippen molar-refractivity contribution in [3.63, 3.8) is 0 Å². The zero-order valence-corrected chi connectivity index (χ0v) is 14.3. The summed E-state index contributed by atoms with van der Waals surface area (Å²) in [4.78, 5) is 30.7. The van der Waals surface area contributed by atoms with Crippen molar-refractivity contribution >= 4 is 6.09 Å². The number of alkyl halides is 3. The van der Waals surface area contributed by atoms with Crippen molar-refractivity contribution in [3.8, 4) is 11.4 Å². The maximum atomic E-state index is 12.3. The zero-order valence-electron chi connectivity index (χ0n) is 14.3. The number of ether oxygens (including phenoxy) is 2. The number of rotatable bonds is 7. The molecule has 2 aromatic rings. The van der Waals surface area contributed by atoms with Crippen LogP contribution >= 0.6 is 0 Å². The summed E-state index contributed by atoms with van der Waals surface area (Å²) in [5.74, 6) is -0.546. The number of likely N-dealkylation sites (N-methyl/N-ethyl adjacent to an activating group) is 1. The highest BCUT2D eigenvalue weighted by Crippen LogP contribution is 2.23. The van der Waals surface area contributed by atoms with Gasteiger partial charge in [0.05, 0.1) is 12.3 Å². The number of carbonyl (C=O) groups is 1. The van der Waals surface area contributed by atoms with E-state index in [2.05, 4.69) is 15.2 Å².